The zero-order valence-corrected chi connectivity index (χ0v) is 17.1. The molecule has 29 heavy (non-hydrogen) atoms. The lowest BCUT2D eigenvalue weighted by Crippen LogP contribution is -2.14. The molecule has 6 nitrogen and oxygen atoms in total. The molecule has 0 aliphatic rings. The van der Waals surface area contributed by atoms with Crippen molar-refractivity contribution < 1.29 is 14.3 Å². The third-order valence-electron chi connectivity index (χ3n) is 4.79. The van der Waals surface area contributed by atoms with Gasteiger partial charge in [-0.2, -0.15) is 0 Å². The van der Waals surface area contributed by atoms with E-state index in [4.69, 9.17) is 9.47 Å². The summed E-state index contributed by atoms with van der Waals surface area (Å²) in [5, 5.41) is 6.21. The smallest absolute Gasteiger partial charge is 0.274 e. The number of amides is 1. The van der Waals surface area contributed by atoms with E-state index in [9.17, 15) is 4.79 Å². The van der Waals surface area contributed by atoms with Crippen LogP contribution in [0, 0.1) is 13.8 Å². The molecule has 0 radical (unpaired) electrons. The second-order valence-electron chi connectivity index (χ2n) is 6.68. The molecular formula is C23H25N3O3. The number of aromatic nitrogens is 1. The van der Waals surface area contributed by atoms with Crippen LogP contribution in [-0.4, -0.2) is 25.1 Å². The Morgan fingerprint density at radius 1 is 1.00 bits per heavy atom. The van der Waals surface area contributed by atoms with E-state index in [2.05, 4.69) is 15.6 Å². The summed E-state index contributed by atoms with van der Waals surface area (Å²) in [6.07, 6.45) is 1.65. The van der Waals surface area contributed by atoms with Crippen LogP contribution in [-0.2, 0) is 6.54 Å². The molecule has 0 unspecified atom stereocenters. The summed E-state index contributed by atoms with van der Waals surface area (Å²) in [5.41, 5.74) is 5.21. The topological polar surface area (TPSA) is 72.5 Å². The largest absolute Gasteiger partial charge is 0.493 e. The van der Waals surface area contributed by atoms with Gasteiger partial charge in [0.05, 0.1) is 26.1 Å². The maximum Gasteiger partial charge on any atom is 0.274 e. The van der Waals surface area contributed by atoms with Crippen molar-refractivity contribution >= 4 is 17.3 Å². The van der Waals surface area contributed by atoms with E-state index < -0.39 is 0 Å². The number of ether oxygens (including phenoxy) is 2. The molecule has 0 saturated carbocycles. The van der Waals surface area contributed by atoms with Crippen LogP contribution in [0.1, 0.15) is 27.2 Å². The second kappa shape index (κ2) is 9.10. The van der Waals surface area contributed by atoms with Crippen LogP contribution in [0.3, 0.4) is 0 Å². The van der Waals surface area contributed by atoms with Crippen LogP contribution in [0.15, 0.2) is 54.7 Å². The normalized spacial score (nSPS) is 10.3. The maximum atomic E-state index is 12.5. The summed E-state index contributed by atoms with van der Waals surface area (Å²) in [5.74, 6) is 1.14. The molecule has 0 aliphatic carbocycles. The van der Waals surface area contributed by atoms with Crippen molar-refractivity contribution in [1.29, 1.82) is 0 Å². The van der Waals surface area contributed by atoms with E-state index in [1.807, 2.05) is 56.3 Å². The van der Waals surface area contributed by atoms with Crippen molar-refractivity contribution in [3.63, 3.8) is 0 Å². The number of nitrogens with one attached hydrogen (secondary N) is 2. The molecule has 150 valence electrons. The molecule has 0 aliphatic heterocycles. The van der Waals surface area contributed by atoms with Gasteiger partial charge in [-0.15, -0.1) is 0 Å². The van der Waals surface area contributed by atoms with Gasteiger partial charge in [-0.3, -0.25) is 4.79 Å². The molecule has 2 N–H and O–H groups in total. The number of hydrogen-bond donors (Lipinski definition) is 2. The van der Waals surface area contributed by atoms with E-state index in [-0.39, 0.29) is 5.91 Å². The average Bonchev–Trinajstić information content (AvgIpc) is 2.75. The summed E-state index contributed by atoms with van der Waals surface area (Å²) in [4.78, 5) is 16.8. The molecule has 1 heterocycles. The summed E-state index contributed by atoms with van der Waals surface area (Å²) in [6, 6.07) is 15.1. The first kappa shape index (κ1) is 20.2. The van der Waals surface area contributed by atoms with Crippen LogP contribution in [0.4, 0.5) is 11.4 Å². The second-order valence-corrected chi connectivity index (χ2v) is 6.68. The number of benzene rings is 2. The van der Waals surface area contributed by atoms with E-state index in [0.29, 0.717) is 23.7 Å². The van der Waals surface area contributed by atoms with E-state index in [0.717, 1.165) is 28.1 Å². The fraction of sp³-hybridized carbons (Fsp3) is 0.217. The first-order valence-electron chi connectivity index (χ1n) is 9.30. The molecule has 0 atom stereocenters. The number of methoxy groups -OCH3 is 2. The van der Waals surface area contributed by atoms with Crippen LogP contribution in [0.5, 0.6) is 11.5 Å². The zero-order chi connectivity index (χ0) is 20.8. The minimum absolute atomic E-state index is 0.231. The number of hydrogen-bond acceptors (Lipinski definition) is 5. The van der Waals surface area contributed by atoms with E-state index in [1.54, 1.807) is 26.5 Å². The van der Waals surface area contributed by atoms with E-state index in [1.165, 1.54) is 0 Å². The van der Waals surface area contributed by atoms with Crippen molar-refractivity contribution in [3.05, 3.63) is 77.1 Å². The predicted molar refractivity (Wildman–Crippen MR) is 115 cm³/mol. The van der Waals surface area contributed by atoms with Gasteiger partial charge in [0.1, 0.15) is 5.69 Å². The van der Waals surface area contributed by atoms with Gasteiger partial charge in [0, 0.05) is 12.2 Å². The van der Waals surface area contributed by atoms with Gasteiger partial charge in [0.25, 0.3) is 5.91 Å². The Hall–Kier alpha value is -3.54. The fourth-order valence-electron chi connectivity index (χ4n) is 2.90. The van der Waals surface area contributed by atoms with Crippen molar-refractivity contribution in [2.75, 3.05) is 24.9 Å². The number of nitrogens with zero attached hydrogens (tertiary/aromatic N) is 1. The van der Waals surface area contributed by atoms with Crippen LogP contribution < -0.4 is 20.1 Å². The third kappa shape index (κ3) is 4.85. The fourth-order valence-corrected chi connectivity index (χ4v) is 2.90. The molecule has 3 aromatic rings. The Bertz CT molecular complexity index is 1000. The Kier molecular flexibility index (Phi) is 6.34. The minimum Gasteiger partial charge on any atom is -0.493 e. The van der Waals surface area contributed by atoms with E-state index >= 15 is 0 Å². The molecule has 3 rings (SSSR count). The first-order valence-corrected chi connectivity index (χ1v) is 9.30. The molecule has 1 amide bonds. The Labute approximate surface area is 170 Å². The minimum atomic E-state index is -0.231. The number of carbonyl (C=O) groups excluding carboxylic acids is 1. The molecule has 1 aromatic heterocycles. The lowest BCUT2D eigenvalue weighted by molar-refractivity contribution is 0.102. The molecule has 0 bridgehead atoms. The van der Waals surface area contributed by atoms with Gasteiger partial charge in [0.2, 0.25) is 0 Å². The predicted octanol–water partition coefficient (Wildman–Crippen LogP) is 4.58. The summed E-state index contributed by atoms with van der Waals surface area (Å²) < 4.78 is 10.6. The number of pyridine rings is 1. The average molecular weight is 391 g/mol. The van der Waals surface area contributed by atoms with Crippen molar-refractivity contribution in [2.24, 2.45) is 0 Å². The Morgan fingerprint density at radius 2 is 1.79 bits per heavy atom. The monoisotopic (exact) mass is 391 g/mol. The number of anilines is 2. The van der Waals surface area contributed by atoms with Crippen molar-refractivity contribution in [3.8, 4) is 11.5 Å². The van der Waals surface area contributed by atoms with Gasteiger partial charge in [-0.25, -0.2) is 4.98 Å². The van der Waals surface area contributed by atoms with Crippen molar-refractivity contribution in [2.45, 2.75) is 20.4 Å². The number of carbonyl (C=O) groups is 1. The standard InChI is InChI=1S/C23H25N3O3/c1-15-6-5-7-19(16(15)2)26-23(27)20-10-9-18(14-25-20)24-13-17-8-11-21(28-3)22(12-17)29-4/h5-12,14,24H,13H2,1-4H3,(H,26,27). The molecule has 0 fully saturated rings. The maximum absolute atomic E-state index is 12.5. The SMILES string of the molecule is COc1ccc(CNc2ccc(C(=O)Nc3cccc(C)c3C)nc2)cc1OC. The molecular weight excluding hydrogens is 366 g/mol. The lowest BCUT2D eigenvalue weighted by atomic mass is 10.1. The van der Waals surface area contributed by atoms with Gasteiger partial charge in [0.15, 0.2) is 11.5 Å². The highest BCUT2D eigenvalue weighted by molar-refractivity contribution is 6.03. The Balaban J connectivity index is 1.63. The highest BCUT2D eigenvalue weighted by Gasteiger charge is 2.10. The van der Waals surface area contributed by atoms with Gasteiger partial charge in [-0.1, -0.05) is 18.2 Å². The van der Waals surface area contributed by atoms with Crippen LogP contribution >= 0.6 is 0 Å². The zero-order valence-electron chi connectivity index (χ0n) is 17.1. The lowest BCUT2D eigenvalue weighted by Gasteiger charge is -2.12. The summed E-state index contributed by atoms with van der Waals surface area (Å²) in [6.45, 7) is 4.59. The van der Waals surface area contributed by atoms with Crippen LogP contribution in [0.2, 0.25) is 0 Å². The Morgan fingerprint density at radius 3 is 2.48 bits per heavy atom. The molecule has 0 saturated heterocycles. The van der Waals surface area contributed by atoms with Gasteiger partial charge < -0.3 is 20.1 Å². The third-order valence-corrected chi connectivity index (χ3v) is 4.79. The quantitative estimate of drug-likeness (QED) is 0.617. The first-order chi connectivity index (χ1) is 14.0. The number of aryl methyl sites for hydroxylation is 1. The van der Waals surface area contributed by atoms with Gasteiger partial charge in [-0.05, 0) is 60.9 Å². The highest BCUT2D eigenvalue weighted by atomic mass is 16.5. The summed E-state index contributed by atoms with van der Waals surface area (Å²) >= 11 is 0. The molecule has 2 aromatic carbocycles. The molecule has 6 heteroatoms. The summed E-state index contributed by atoms with van der Waals surface area (Å²) in [7, 11) is 3.22. The highest BCUT2D eigenvalue weighted by Crippen LogP contribution is 2.27. The molecule has 0 spiro atoms. The number of rotatable bonds is 7. The van der Waals surface area contributed by atoms with Crippen LogP contribution in [0.25, 0.3) is 0 Å². The van der Waals surface area contributed by atoms with Gasteiger partial charge >= 0.3 is 0 Å². The van der Waals surface area contributed by atoms with Crippen molar-refractivity contribution in [1.82, 2.24) is 4.98 Å².